The second-order valence-corrected chi connectivity index (χ2v) is 4.82. The molecular formula is C17H19NO2. The molecule has 2 N–H and O–H groups in total. The van der Waals surface area contributed by atoms with Crippen LogP contribution in [0.1, 0.15) is 22.7 Å². The number of benzene rings is 2. The van der Waals surface area contributed by atoms with E-state index in [-0.39, 0.29) is 18.6 Å². The molecule has 104 valence electrons. The Kier molecular flexibility index (Phi) is 4.91. The van der Waals surface area contributed by atoms with Gasteiger partial charge in [-0.15, -0.1) is 0 Å². The Morgan fingerprint density at radius 1 is 1.10 bits per heavy atom. The molecule has 2 aromatic carbocycles. The van der Waals surface area contributed by atoms with Crippen molar-refractivity contribution in [2.24, 2.45) is 0 Å². The largest absolute Gasteiger partial charge is 0.394 e. The van der Waals surface area contributed by atoms with Gasteiger partial charge in [-0.25, -0.2) is 0 Å². The number of carbonyl (C=O) groups is 1. The summed E-state index contributed by atoms with van der Waals surface area (Å²) in [6.07, 6.45) is 0.329. The van der Waals surface area contributed by atoms with Gasteiger partial charge >= 0.3 is 0 Å². The van der Waals surface area contributed by atoms with Crippen LogP contribution >= 0.6 is 0 Å². The van der Waals surface area contributed by atoms with Gasteiger partial charge in [0.2, 0.25) is 5.91 Å². The lowest BCUT2D eigenvalue weighted by Crippen LogP contribution is -2.32. The zero-order chi connectivity index (χ0) is 14.4. The zero-order valence-electron chi connectivity index (χ0n) is 11.5. The quantitative estimate of drug-likeness (QED) is 0.875. The van der Waals surface area contributed by atoms with Crippen LogP contribution in [0.2, 0.25) is 0 Å². The molecule has 0 aliphatic heterocycles. The fourth-order valence-corrected chi connectivity index (χ4v) is 2.15. The van der Waals surface area contributed by atoms with Crippen molar-refractivity contribution < 1.29 is 9.90 Å². The summed E-state index contributed by atoms with van der Waals surface area (Å²) in [6, 6.07) is 17.0. The first kappa shape index (κ1) is 14.3. The Morgan fingerprint density at radius 2 is 1.75 bits per heavy atom. The number of carbonyl (C=O) groups excluding carboxylic acids is 1. The minimum Gasteiger partial charge on any atom is -0.394 e. The lowest BCUT2D eigenvalue weighted by atomic mass is 10.0. The lowest BCUT2D eigenvalue weighted by Gasteiger charge is -2.17. The molecule has 2 aromatic rings. The average molecular weight is 269 g/mol. The summed E-state index contributed by atoms with van der Waals surface area (Å²) in [4.78, 5) is 12.1. The highest BCUT2D eigenvalue weighted by molar-refractivity contribution is 5.79. The highest BCUT2D eigenvalue weighted by Crippen LogP contribution is 2.13. The smallest absolute Gasteiger partial charge is 0.224 e. The predicted molar refractivity (Wildman–Crippen MR) is 79.3 cm³/mol. The SMILES string of the molecule is Cc1ccccc1CC(=O)N[C@H](CO)c1ccccc1. The maximum Gasteiger partial charge on any atom is 0.224 e. The minimum absolute atomic E-state index is 0.0813. The Balaban J connectivity index is 2.02. The van der Waals surface area contributed by atoms with E-state index in [4.69, 9.17) is 0 Å². The van der Waals surface area contributed by atoms with Crippen molar-refractivity contribution in [1.29, 1.82) is 0 Å². The molecule has 20 heavy (non-hydrogen) atoms. The number of nitrogens with one attached hydrogen (secondary N) is 1. The summed E-state index contributed by atoms with van der Waals surface area (Å²) in [5.74, 6) is -0.0813. The van der Waals surface area contributed by atoms with Gasteiger partial charge in [0.1, 0.15) is 0 Å². The number of aryl methyl sites for hydroxylation is 1. The number of hydrogen-bond acceptors (Lipinski definition) is 2. The monoisotopic (exact) mass is 269 g/mol. The van der Waals surface area contributed by atoms with Crippen LogP contribution in [-0.4, -0.2) is 17.6 Å². The molecule has 0 aliphatic rings. The molecule has 0 aromatic heterocycles. The Bertz CT molecular complexity index is 566. The molecule has 0 fully saturated rings. The Labute approximate surface area is 119 Å². The van der Waals surface area contributed by atoms with E-state index in [1.54, 1.807) is 0 Å². The molecule has 0 radical (unpaired) electrons. The van der Waals surface area contributed by atoms with E-state index in [1.165, 1.54) is 0 Å². The Hall–Kier alpha value is -2.13. The summed E-state index contributed by atoms with van der Waals surface area (Å²) in [7, 11) is 0. The van der Waals surface area contributed by atoms with Gasteiger partial charge < -0.3 is 10.4 Å². The van der Waals surface area contributed by atoms with Crippen molar-refractivity contribution in [3.63, 3.8) is 0 Å². The fourth-order valence-electron chi connectivity index (χ4n) is 2.15. The number of aliphatic hydroxyl groups excluding tert-OH is 1. The first-order valence-corrected chi connectivity index (χ1v) is 6.70. The van der Waals surface area contributed by atoms with E-state index >= 15 is 0 Å². The lowest BCUT2D eigenvalue weighted by molar-refractivity contribution is -0.121. The van der Waals surface area contributed by atoms with Crippen molar-refractivity contribution >= 4 is 5.91 Å². The van der Waals surface area contributed by atoms with Crippen LogP contribution in [0, 0.1) is 6.92 Å². The van der Waals surface area contributed by atoms with Gasteiger partial charge in [-0.3, -0.25) is 4.79 Å². The van der Waals surface area contributed by atoms with Gasteiger partial charge in [-0.05, 0) is 23.6 Å². The third-order valence-electron chi connectivity index (χ3n) is 3.33. The summed E-state index contributed by atoms with van der Waals surface area (Å²) in [5.41, 5.74) is 3.02. The minimum atomic E-state index is -0.354. The second kappa shape index (κ2) is 6.87. The van der Waals surface area contributed by atoms with Gasteiger partial charge in [-0.1, -0.05) is 54.6 Å². The van der Waals surface area contributed by atoms with Crippen LogP contribution in [-0.2, 0) is 11.2 Å². The van der Waals surface area contributed by atoms with E-state index in [0.29, 0.717) is 6.42 Å². The molecule has 0 heterocycles. The van der Waals surface area contributed by atoms with Crippen LogP contribution < -0.4 is 5.32 Å². The molecule has 0 saturated carbocycles. The van der Waals surface area contributed by atoms with E-state index < -0.39 is 0 Å². The third kappa shape index (κ3) is 3.68. The fraction of sp³-hybridized carbons (Fsp3) is 0.235. The van der Waals surface area contributed by atoms with E-state index in [0.717, 1.165) is 16.7 Å². The molecule has 3 heteroatoms. The van der Waals surface area contributed by atoms with Crippen LogP contribution in [0.4, 0.5) is 0 Å². The van der Waals surface area contributed by atoms with Gasteiger partial charge in [0.15, 0.2) is 0 Å². The normalized spacial score (nSPS) is 11.9. The molecule has 0 aliphatic carbocycles. The molecule has 0 spiro atoms. The summed E-state index contributed by atoms with van der Waals surface area (Å²) in [6.45, 7) is 1.88. The predicted octanol–water partition coefficient (Wildman–Crippen LogP) is 2.39. The highest BCUT2D eigenvalue weighted by Gasteiger charge is 2.14. The molecule has 3 nitrogen and oxygen atoms in total. The maximum absolute atomic E-state index is 12.1. The van der Waals surface area contributed by atoms with Crippen LogP contribution in [0.3, 0.4) is 0 Å². The highest BCUT2D eigenvalue weighted by atomic mass is 16.3. The average Bonchev–Trinajstić information content (AvgIpc) is 2.48. The van der Waals surface area contributed by atoms with Gasteiger partial charge in [0.05, 0.1) is 19.1 Å². The van der Waals surface area contributed by atoms with Crippen LogP contribution in [0.15, 0.2) is 54.6 Å². The third-order valence-corrected chi connectivity index (χ3v) is 3.33. The molecule has 0 unspecified atom stereocenters. The standard InChI is InChI=1S/C17H19NO2/c1-13-7-5-6-10-15(13)11-17(20)18-16(12-19)14-8-3-2-4-9-14/h2-10,16,19H,11-12H2,1H3,(H,18,20)/t16-/m1/s1. The van der Waals surface area contributed by atoms with Crippen molar-refractivity contribution in [1.82, 2.24) is 5.32 Å². The Morgan fingerprint density at radius 3 is 2.40 bits per heavy atom. The molecule has 2 rings (SSSR count). The van der Waals surface area contributed by atoms with Gasteiger partial charge in [0.25, 0.3) is 0 Å². The molecule has 0 bridgehead atoms. The van der Waals surface area contributed by atoms with E-state index in [9.17, 15) is 9.90 Å². The number of amides is 1. The number of rotatable bonds is 5. The van der Waals surface area contributed by atoms with Gasteiger partial charge in [-0.2, -0.15) is 0 Å². The van der Waals surface area contributed by atoms with Crippen molar-refractivity contribution in [3.05, 3.63) is 71.3 Å². The van der Waals surface area contributed by atoms with E-state index in [2.05, 4.69) is 5.32 Å². The zero-order valence-corrected chi connectivity index (χ0v) is 11.5. The topological polar surface area (TPSA) is 49.3 Å². The summed E-state index contributed by atoms with van der Waals surface area (Å²) < 4.78 is 0. The van der Waals surface area contributed by atoms with Crippen molar-refractivity contribution in [3.8, 4) is 0 Å². The molecular weight excluding hydrogens is 250 g/mol. The van der Waals surface area contributed by atoms with Crippen molar-refractivity contribution in [2.45, 2.75) is 19.4 Å². The van der Waals surface area contributed by atoms with Crippen LogP contribution in [0.25, 0.3) is 0 Å². The van der Waals surface area contributed by atoms with Crippen molar-refractivity contribution in [2.75, 3.05) is 6.61 Å². The maximum atomic E-state index is 12.1. The molecule has 0 saturated heterocycles. The van der Waals surface area contributed by atoms with Crippen LogP contribution in [0.5, 0.6) is 0 Å². The molecule has 1 atom stereocenters. The molecule has 1 amide bonds. The van der Waals surface area contributed by atoms with E-state index in [1.807, 2.05) is 61.5 Å². The number of aliphatic hydroxyl groups is 1. The second-order valence-electron chi connectivity index (χ2n) is 4.82. The summed E-state index contributed by atoms with van der Waals surface area (Å²) in [5, 5.41) is 12.3. The first-order chi connectivity index (χ1) is 9.70. The number of hydrogen-bond donors (Lipinski definition) is 2. The van der Waals surface area contributed by atoms with Gasteiger partial charge in [0, 0.05) is 0 Å². The first-order valence-electron chi connectivity index (χ1n) is 6.70. The summed E-state index contributed by atoms with van der Waals surface area (Å²) >= 11 is 0.